The highest BCUT2D eigenvalue weighted by molar-refractivity contribution is 7.15. The molecule has 0 aliphatic heterocycles. The first-order valence-electron chi connectivity index (χ1n) is 4.90. The Hall–Kier alpha value is -1.86. The molecule has 16 heavy (non-hydrogen) atoms. The van der Waals surface area contributed by atoms with Crippen molar-refractivity contribution in [2.45, 2.75) is 13.3 Å². The molecule has 0 aliphatic rings. The van der Waals surface area contributed by atoms with Gasteiger partial charge in [-0.15, -0.1) is 11.3 Å². The Morgan fingerprint density at radius 3 is 2.56 bits per heavy atom. The van der Waals surface area contributed by atoms with Crippen LogP contribution in [0.2, 0.25) is 0 Å². The molecule has 4 heteroatoms. The van der Waals surface area contributed by atoms with Crippen LogP contribution < -0.4 is 5.73 Å². The van der Waals surface area contributed by atoms with Crippen LogP contribution in [0.3, 0.4) is 0 Å². The lowest BCUT2D eigenvalue weighted by molar-refractivity contribution is 1.15. The Kier molecular flexibility index (Phi) is 2.88. The molecule has 2 rings (SSSR count). The molecule has 1 heterocycles. The van der Waals surface area contributed by atoms with E-state index in [1.807, 2.05) is 31.2 Å². The van der Waals surface area contributed by atoms with Crippen molar-refractivity contribution < 1.29 is 0 Å². The molecule has 0 aliphatic carbocycles. The van der Waals surface area contributed by atoms with Gasteiger partial charge in [-0.05, 0) is 24.6 Å². The number of nitriles is 1. The first-order valence-corrected chi connectivity index (χ1v) is 5.71. The van der Waals surface area contributed by atoms with Crippen LogP contribution in [0.4, 0.5) is 5.13 Å². The summed E-state index contributed by atoms with van der Waals surface area (Å²) in [5.74, 6) is 0. The predicted molar refractivity (Wildman–Crippen MR) is 65.2 cm³/mol. The molecule has 3 nitrogen and oxygen atoms in total. The van der Waals surface area contributed by atoms with E-state index < -0.39 is 0 Å². The number of aromatic nitrogens is 1. The summed E-state index contributed by atoms with van der Waals surface area (Å²) in [7, 11) is 0. The van der Waals surface area contributed by atoms with Crippen LogP contribution in [0.1, 0.15) is 21.7 Å². The second-order valence-corrected chi connectivity index (χ2v) is 4.66. The summed E-state index contributed by atoms with van der Waals surface area (Å²) in [6.45, 7) is 1.96. The van der Waals surface area contributed by atoms with Crippen LogP contribution in [0, 0.1) is 18.3 Å². The van der Waals surface area contributed by atoms with Crippen molar-refractivity contribution in [2.75, 3.05) is 5.73 Å². The van der Waals surface area contributed by atoms with Gasteiger partial charge in [-0.2, -0.15) is 5.26 Å². The van der Waals surface area contributed by atoms with Crippen molar-refractivity contribution in [3.63, 3.8) is 0 Å². The Morgan fingerprint density at radius 1 is 1.38 bits per heavy atom. The molecule has 1 aromatic heterocycles. The molecule has 0 radical (unpaired) electrons. The third-order valence-corrected chi connectivity index (χ3v) is 3.34. The molecule has 0 bridgehead atoms. The number of aryl methyl sites for hydroxylation is 1. The largest absolute Gasteiger partial charge is 0.375 e. The molecule has 0 atom stereocenters. The fourth-order valence-corrected chi connectivity index (χ4v) is 2.36. The first kappa shape index (κ1) is 10.7. The Morgan fingerprint density at radius 2 is 2.06 bits per heavy atom. The molecule has 0 fully saturated rings. The maximum absolute atomic E-state index is 8.69. The van der Waals surface area contributed by atoms with Crippen LogP contribution in [0.15, 0.2) is 24.3 Å². The summed E-state index contributed by atoms with van der Waals surface area (Å²) in [5, 5.41) is 9.30. The second-order valence-electron chi connectivity index (χ2n) is 3.55. The molecule has 0 spiro atoms. The number of nitrogens with zero attached hydrogens (tertiary/aromatic N) is 2. The van der Waals surface area contributed by atoms with Gasteiger partial charge in [0.25, 0.3) is 0 Å². The van der Waals surface area contributed by atoms with Crippen LogP contribution in [-0.4, -0.2) is 4.98 Å². The molecule has 0 unspecified atom stereocenters. The highest BCUT2D eigenvalue weighted by Gasteiger charge is 2.06. The quantitative estimate of drug-likeness (QED) is 0.860. The standard InChI is InChI=1S/C12H11N3S/c1-8-11(16-12(14)15-8)6-9-2-4-10(7-13)5-3-9/h2-5H,6H2,1H3,(H2,14,15). The zero-order valence-electron chi connectivity index (χ0n) is 8.90. The van der Waals surface area contributed by atoms with Crippen molar-refractivity contribution in [1.29, 1.82) is 5.26 Å². The van der Waals surface area contributed by atoms with Crippen LogP contribution >= 0.6 is 11.3 Å². The van der Waals surface area contributed by atoms with Gasteiger partial charge in [0.15, 0.2) is 5.13 Å². The molecule has 0 saturated carbocycles. The zero-order valence-corrected chi connectivity index (χ0v) is 9.71. The highest BCUT2D eigenvalue weighted by atomic mass is 32.1. The van der Waals surface area contributed by atoms with Gasteiger partial charge < -0.3 is 5.73 Å². The van der Waals surface area contributed by atoms with Crippen molar-refractivity contribution in [3.8, 4) is 6.07 Å². The summed E-state index contributed by atoms with van der Waals surface area (Å²) < 4.78 is 0. The molecule has 2 aromatic rings. The van der Waals surface area contributed by atoms with Crippen molar-refractivity contribution in [2.24, 2.45) is 0 Å². The van der Waals surface area contributed by atoms with Crippen LogP contribution in [0.5, 0.6) is 0 Å². The highest BCUT2D eigenvalue weighted by Crippen LogP contribution is 2.22. The van der Waals surface area contributed by atoms with E-state index in [1.54, 1.807) is 0 Å². The van der Waals surface area contributed by atoms with Crippen LogP contribution in [0.25, 0.3) is 0 Å². The number of rotatable bonds is 2. The number of thiazole rings is 1. The topological polar surface area (TPSA) is 62.7 Å². The number of hydrogen-bond donors (Lipinski definition) is 1. The summed E-state index contributed by atoms with van der Waals surface area (Å²) in [4.78, 5) is 5.37. The molecule has 0 saturated heterocycles. The van der Waals surface area contributed by atoms with Gasteiger partial charge in [-0.25, -0.2) is 4.98 Å². The molecular weight excluding hydrogens is 218 g/mol. The lowest BCUT2D eigenvalue weighted by atomic mass is 10.1. The van der Waals surface area contributed by atoms with E-state index >= 15 is 0 Å². The van der Waals surface area contributed by atoms with Crippen molar-refractivity contribution in [3.05, 3.63) is 46.0 Å². The zero-order chi connectivity index (χ0) is 11.5. The smallest absolute Gasteiger partial charge is 0.180 e. The van der Waals surface area contributed by atoms with Crippen LogP contribution in [-0.2, 0) is 6.42 Å². The Bertz CT molecular complexity index is 534. The van der Waals surface area contributed by atoms with E-state index in [0.29, 0.717) is 10.7 Å². The summed E-state index contributed by atoms with van der Waals surface area (Å²) in [5.41, 5.74) is 8.49. The predicted octanol–water partition coefficient (Wildman–Crippen LogP) is 2.50. The first-order chi connectivity index (χ1) is 7.69. The lowest BCUT2D eigenvalue weighted by Crippen LogP contribution is -1.88. The van der Waals surface area contributed by atoms with Gasteiger partial charge in [-0.3, -0.25) is 0 Å². The number of nitrogen functional groups attached to an aromatic ring is 1. The molecular formula is C12H11N3S. The minimum absolute atomic E-state index is 0.612. The van der Waals surface area contributed by atoms with Gasteiger partial charge in [0.05, 0.1) is 17.3 Å². The van der Waals surface area contributed by atoms with E-state index in [-0.39, 0.29) is 0 Å². The summed E-state index contributed by atoms with van der Waals surface area (Å²) >= 11 is 1.52. The van der Waals surface area contributed by atoms with Gasteiger partial charge in [0.2, 0.25) is 0 Å². The minimum Gasteiger partial charge on any atom is -0.375 e. The van der Waals surface area contributed by atoms with E-state index in [1.165, 1.54) is 21.8 Å². The second kappa shape index (κ2) is 4.33. The van der Waals surface area contributed by atoms with E-state index in [9.17, 15) is 0 Å². The van der Waals surface area contributed by atoms with Crippen molar-refractivity contribution in [1.82, 2.24) is 4.98 Å². The van der Waals surface area contributed by atoms with E-state index in [2.05, 4.69) is 11.1 Å². The third-order valence-electron chi connectivity index (χ3n) is 2.36. The fourth-order valence-electron chi connectivity index (χ4n) is 1.50. The Labute approximate surface area is 98.2 Å². The number of nitrogens with two attached hydrogens (primary N) is 1. The normalized spacial score (nSPS) is 10.0. The maximum Gasteiger partial charge on any atom is 0.180 e. The van der Waals surface area contributed by atoms with Gasteiger partial charge >= 0.3 is 0 Å². The van der Waals surface area contributed by atoms with Crippen molar-refractivity contribution >= 4 is 16.5 Å². The van der Waals surface area contributed by atoms with Gasteiger partial charge in [0, 0.05) is 11.3 Å². The molecule has 0 amide bonds. The SMILES string of the molecule is Cc1nc(N)sc1Cc1ccc(C#N)cc1. The lowest BCUT2D eigenvalue weighted by Gasteiger charge is -1.99. The van der Waals surface area contributed by atoms with E-state index in [4.69, 9.17) is 11.0 Å². The van der Waals surface area contributed by atoms with Gasteiger partial charge in [0.1, 0.15) is 0 Å². The summed E-state index contributed by atoms with van der Waals surface area (Å²) in [6.07, 6.45) is 0.826. The fraction of sp³-hybridized carbons (Fsp3) is 0.167. The number of anilines is 1. The Balaban J connectivity index is 2.21. The molecule has 2 N–H and O–H groups in total. The van der Waals surface area contributed by atoms with Gasteiger partial charge in [-0.1, -0.05) is 12.1 Å². The monoisotopic (exact) mass is 229 g/mol. The molecule has 80 valence electrons. The number of benzene rings is 1. The van der Waals surface area contributed by atoms with E-state index in [0.717, 1.165) is 12.1 Å². The minimum atomic E-state index is 0.612. The maximum atomic E-state index is 8.69. The molecule has 1 aromatic carbocycles. The third kappa shape index (κ3) is 2.20. The average Bonchev–Trinajstić information content (AvgIpc) is 2.59. The summed E-state index contributed by atoms with van der Waals surface area (Å²) in [6, 6.07) is 9.69. The average molecular weight is 229 g/mol. The number of hydrogen-bond acceptors (Lipinski definition) is 4.